The van der Waals surface area contributed by atoms with Crippen LogP contribution >= 0.6 is 0 Å². The molecule has 2 rings (SSSR count). The maximum atomic E-state index is 5.46. The van der Waals surface area contributed by atoms with Gasteiger partial charge < -0.3 is 10.1 Å². The van der Waals surface area contributed by atoms with Crippen LogP contribution in [0.4, 0.5) is 0 Å². The van der Waals surface area contributed by atoms with Gasteiger partial charge in [0.2, 0.25) is 0 Å². The summed E-state index contributed by atoms with van der Waals surface area (Å²) >= 11 is 0. The smallest absolute Gasteiger partial charge is 0.0595 e. The highest BCUT2D eigenvalue weighted by Gasteiger charge is 2.27. The molecule has 0 aromatic heterocycles. The van der Waals surface area contributed by atoms with E-state index in [1.807, 2.05) is 7.11 Å². The second kappa shape index (κ2) is 7.21. The molecule has 0 amide bonds. The monoisotopic (exact) mass is 276 g/mol. The summed E-state index contributed by atoms with van der Waals surface area (Å²) in [6.45, 7) is 6.72. The highest BCUT2D eigenvalue weighted by molar-refractivity contribution is 5.25. The third kappa shape index (κ3) is 3.60. The van der Waals surface area contributed by atoms with Gasteiger partial charge in [-0.3, -0.25) is 4.90 Å². The number of rotatable bonds is 5. The molecule has 0 radical (unpaired) electrons. The molecule has 2 atom stereocenters. The molecule has 0 spiro atoms. The molecule has 2 unspecified atom stereocenters. The van der Waals surface area contributed by atoms with Gasteiger partial charge in [-0.1, -0.05) is 29.8 Å². The number of nitrogens with zero attached hydrogens (tertiary/aromatic N) is 1. The Kier molecular flexibility index (Phi) is 5.58. The summed E-state index contributed by atoms with van der Waals surface area (Å²) in [7, 11) is 3.88. The Balaban J connectivity index is 2.02. The number of likely N-dealkylation sites (tertiary alicyclic amines) is 1. The fraction of sp³-hybridized carbons (Fsp3) is 0.647. The highest BCUT2D eigenvalue weighted by atomic mass is 16.5. The molecule has 0 saturated carbocycles. The minimum absolute atomic E-state index is 0.384. The zero-order valence-electron chi connectivity index (χ0n) is 13.2. The predicted molar refractivity (Wildman–Crippen MR) is 84.0 cm³/mol. The van der Waals surface area contributed by atoms with Crippen LogP contribution in [0.1, 0.15) is 36.9 Å². The molecule has 20 heavy (non-hydrogen) atoms. The minimum atomic E-state index is 0.384. The van der Waals surface area contributed by atoms with Crippen LogP contribution in [0.25, 0.3) is 0 Å². The quantitative estimate of drug-likeness (QED) is 0.895. The summed E-state index contributed by atoms with van der Waals surface area (Å²) in [5.74, 6) is 0. The van der Waals surface area contributed by atoms with Gasteiger partial charge in [-0.25, -0.2) is 0 Å². The van der Waals surface area contributed by atoms with E-state index in [1.54, 1.807) is 0 Å². The van der Waals surface area contributed by atoms with Gasteiger partial charge in [0.1, 0.15) is 0 Å². The van der Waals surface area contributed by atoms with Crippen LogP contribution in [0.2, 0.25) is 0 Å². The van der Waals surface area contributed by atoms with Crippen LogP contribution in [0.5, 0.6) is 0 Å². The first kappa shape index (κ1) is 15.5. The minimum Gasteiger partial charge on any atom is -0.381 e. The molecule has 1 aliphatic rings. The summed E-state index contributed by atoms with van der Waals surface area (Å²) in [6.07, 6.45) is 2.74. The summed E-state index contributed by atoms with van der Waals surface area (Å²) < 4.78 is 5.46. The summed E-state index contributed by atoms with van der Waals surface area (Å²) in [4.78, 5) is 2.58. The number of ether oxygens (including phenoxy) is 1. The standard InChI is InChI=1S/C17H28N2O/c1-13-5-7-15(8-6-13)17(18-3)14(2)19-11-9-16(20-4)10-12-19/h5-8,14,16-18H,9-12H2,1-4H3. The number of benzene rings is 1. The Morgan fingerprint density at radius 2 is 1.80 bits per heavy atom. The molecule has 1 heterocycles. The normalized spacial score (nSPS) is 20.8. The van der Waals surface area contributed by atoms with Crippen molar-refractivity contribution in [3.63, 3.8) is 0 Å². The van der Waals surface area contributed by atoms with Crippen LogP contribution in [-0.2, 0) is 4.74 Å². The van der Waals surface area contributed by atoms with E-state index in [-0.39, 0.29) is 0 Å². The van der Waals surface area contributed by atoms with Crippen molar-refractivity contribution in [2.24, 2.45) is 0 Å². The van der Waals surface area contributed by atoms with Gasteiger partial charge in [0.15, 0.2) is 0 Å². The SMILES string of the molecule is CNC(c1ccc(C)cc1)C(C)N1CCC(OC)CC1. The second-order valence-corrected chi connectivity index (χ2v) is 5.89. The molecule has 112 valence electrons. The zero-order valence-corrected chi connectivity index (χ0v) is 13.2. The molecule has 1 N–H and O–H groups in total. The van der Waals surface area contributed by atoms with Crippen LogP contribution in [0, 0.1) is 6.92 Å². The predicted octanol–water partition coefficient (Wildman–Crippen LogP) is 2.75. The molecule has 3 nitrogen and oxygen atoms in total. The lowest BCUT2D eigenvalue weighted by Gasteiger charge is -2.39. The Hall–Kier alpha value is -0.900. The molecule has 1 saturated heterocycles. The van der Waals surface area contributed by atoms with E-state index in [9.17, 15) is 0 Å². The Bertz CT molecular complexity index is 396. The van der Waals surface area contributed by atoms with Crippen LogP contribution in [0.15, 0.2) is 24.3 Å². The molecule has 3 heteroatoms. The van der Waals surface area contributed by atoms with Crippen molar-refractivity contribution < 1.29 is 4.74 Å². The summed E-state index contributed by atoms with van der Waals surface area (Å²) in [5.41, 5.74) is 2.69. The molecule has 1 fully saturated rings. The van der Waals surface area contributed by atoms with Gasteiger partial charge in [-0.2, -0.15) is 0 Å². The van der Waals surface area contributed by atoms with E-state index in [0.29, 0.717) is 18.2 Å². The van der Waals surface area contributed by atoms with Crippen molar-refractivity contribution in [2.45, 2.75) is 44.9 Å². The molecule has 1 aromatic carbocycles. The van der Waals surface area contributed by atoms with E-state index in [2.05, 4.69) is 55.4 Å². The second-order valence-electron chi connectivity index (χ2n) is 5.89. The lowest BCUT2D eigenvalue weighted by molar-refractivity contribution is 0.0241. The number of hydrogen-bond acceptors (Lipinski definition) is 3. The average molecular weight is 276 g/mol. The lowest BCUT2D eigenvalue weighted by atomic mass is 9.96. The Morgan fingerprint density at radius 1 is 1.20 bits per heavy atom. The highest BCUT2D eigenvalue weighted by Crippen LogP contribution is 2.24. The van der Waals surface area contributed by atoms with E-state index in [4.69, 9.17) is 4.74 Å². The maximum absolute atomic E-state index is 5.46. The van der Waals surface area contributed by atoms with Crippen molar-refractivity contribution in [3.8, 4) is 0 Å². The number of aryl methyl sites for hydroxylation is 1. The third-order valence-corrected chi connectivity index (χ3v) is 4.62. The molecule has 0 bridgehead atoms. The van der Waals surface area contributed by atoms with Gasteiger partial charge in [0, 0.05) is 32.3 Å². The van der Waals surface area contributed by atoms with Crippen LogP contribution in [-0.4, -0.2) is 44.3 Å². The summed E-state index contributed by atoms with van der Waals surface area (Å²) in [5, 5.41) is 3.49. The first-order valence-corrected chi connectivity index (χ1v) is 7.66. The van der Waals surface area contributed by atoms with Crippen LogP contribution in [0.3, 0.4) is 0 Å². The van der Waals surface area contributed by atoms with E-state index in [0.717, 1.165) is 25.9 Å². The van der Waals surface area contributed by atoms with Gasteiger partial charge in [-0.05, 0) is 39.3 Å². The van der Waals surface area contributed by atoms with Crippen molar-refractivity contribution in [3.05, 3.63) is 35.4 Å². The Labute approximate surface area is 123 Å². The average Bonchev–Trinajstić information content (AvgIpc) is 2.50. The number of hydrogen-bond donors (Lipinski definition) is 1. The van der Waals surface area contributed by atoms with Crippen molar-refractivity contribution >= 4 is 0 Å². The van der Waals surface area contributed by atoms with E-state index >= 15 is 0 Å². The molecular weight excluding hydrogens is 248 g/mol. The van der Waals surface area contributed by atoms with Crippen molar-refractivity contribution in [2.75, 3.05) is 27.2 Å². The van der Waals surface area contributed by atoms with Gasteiger partial charge in [-0.15, -0.1) is 0 Å². The van der Waals surface area contributed by atoms with Gasteiger partial charge in [0.05, 0.1) is 6.10 Å². The molecule has 1 aliphatic heterocycles. The molecule has 0 aliphatic carbocycles. The van der Waals surface area contributed by atoms with Gasteiger partial charge >= 0.3 is 0 Å². The molecular formula is C17H28N2O. The zero-order chi connectivity index (χ0) is 14.5. The number of nitrogens with one attached hydrogen (secondary N) is 1. The number of likely N-dealkylation sites (N-methyl/N-ethyl adjacent to an activating group) is 1. The fourth-order valence-corrected chi connectivity index (χ4v) is 3.19. The first-order valence-electron chi connectivity index (χ1n) is 7.66. The lowest BCUT2D eigenvalue weighted by Crippen LogP contribution is -2.47. The number of methoxy groups -OCH3 is 1. The van der Waals surface area contributed by atoms with E-state index < -0.39 is 0 Å². The largest absolute Gasteiger partial charge is 0.381 e. The van der Waals surface area contributed by atoms with Crippen LogP contribution < -0.4 is 5.32 Å². The number of piperidine rings is 1. The fourth-order valence-electron chi connectivity index (χ4n) is 3.19. The van der Waals surface area contributed by atoms with Crippen molar-refractivity contribution in [1.29, 1.82) is 0 Å². The summed E-state index contributed by atoms with van der Waals surface area (Å²) in [6, 6.07) is 9.77. The first-order chi connectivity index (χ1) is 9.65. The topological polar surface area (TPSA) is 24.5 Å². The molecule has 1 aromatic rings. The third-order valence-electron chi connectivity index (χ3n) is 4.62. The van der Waals surface area contributed by atoms with Gasteiger partial charge in [0.25, 0.3) is 0 Å². The van der Waals surface area contributed by atoms with E-state index in [1.165, 1.54) is 11.1 Å². The maximum Gasteiger partial charge on any atom is 0.0595 e. The van der Waals surface area contributed by atoms with Crippen molar-refractivity contribution in [1.82, 2.24) is 10.2 Å². The Morgan fingerprint density at radius 3 is 2.30 bits per heavy atom.